The van der Waals surface area contributed by atoms with Gasteiger partial charge in [0.1, 0.15) is 0 Å². The van der Waals surface area contributed by atoms with Crippen LogP contribution < -0.4 is 5.32 Å². The summed E-state index contributed by atoms with van der Waals surface area (Å²) >= 11 is 0. The van der Waals surface area contributed by atoms with Crippen molar-refractivity contribution >= 4 is 5.69 Å². The van der Waals surface area contributed by atoms with Gasteiger partial charge in [-0.3, -0.25) is 0 Å². The maximum absolute atomic E-state index is 12.7. The third kappa shape index (κ3) is 3.69. The molecule has 0 radical (unpaired) electrons. The molecule has 1 heterocycles. The molecule has 1 fully saturated rings. The van der Waals surface area contributed by atoms with Gasteiger partial charge in [0.05, 0.1) is 11.9 Å². The molecule has 1 aromatic heterocycles. The largest absolute Gasteiger partial charge is 0.381 e. The van der Waals surface area contributed by atoms with Crippen LogP contribution in [0.25, 0.3) is 0 Å². The number of rotatable bonds is 4. The zero-order chi connectivity index (χ0) is 12.1. The summed E-state index contributed by atoms with van der Waals surface area (Å²) in [5.74, 6) is 0.506. The fourth-order valence-electron chi connectivity index (χ4n) is 2.70. The van der Waals surface area contributed by atoms with Crippen LogP contribution in [0.1, 0.15) is 45.4 Å². The van der Waals surface area contributed by atoms with E-state index in [1.807, 2.05) is 0 Å². The molecule has 1 aromatic rings. The zero-order valence-electron chi connectivity index (χ0n) is 10.5. The Bertz CT molecular complexity index is 329. The molecule has 1 aliphatic carbocycles. The maximum Gasteiger partial charge on any atom is 0.212 e. The molecule has 0 atom stereocenters. The molecule has 0 amide bonds. The van der Waals surface area contributed by atoms with E-state index in [0.29, 0.717) is 6.04 Å². The van der Waals surface area contributed by atoms with E-state index in [4.69, 9.17) is 0 Å². The SMILES string of the molecule is CCCC1CCC(Nc2ccc(F)nc2)CC1. The summed E-state index contributed by atoms with van der Waals surface area (Å²) in [6.07, 6.45) is 9.33. The Labute approximate surface area is 103 Å². The predicted molar refractivity (Wildman–Crippen MR) is 68.5 cm³/mol. The van der Waals surface area contributed by atoms with Gasteiger partial charge in [-0.05, 0) is 43.7 Å². The normalized spacial score (nSPS) is 24.6. The van der Waals surface area contributed by atoms with E-state index in [2.05, 4.69) is 17.2 Å². The molecular formula is C14H21FN2. The molecule has 2 rings (SSSR count). The van der Waals surface area contributed by atoms with Gasteiger partial charge in [0.15, 0.2) is 0 Å². The quantitative estimate of drug-likeness (QED) is 0.799. The van der Waals surface area contributed by atoms with Crippen LogP contribution in [-0.2, 0) is 0 Å². The highest BCUT2D eigenvalue weighted by Crippen LogP contribution is 2.29. The lowest BCUT2D eigenvalue weighted by molar-refractivity contribution is 0.319. The Morgan fingerprint density at radius 3 is 2.65 bits per heavy atom. The van der Waals surface area contributed by atoms with E-state index in [1.165, 1.54) is 44.6 Å². The molecule has 1 saturated carbocycles. The first-order valence-corrected chi connectivity index (χ1v) is 6.66. The molecular weight excluding hydrogens is 215 g/mol. The van der Waals surface area contributed by atoms with Crippen molar-refractivity contribution in [3.63, 3.8) is 0 Å². The number of aromatic nitrogens is 1. The minimum absolute atomic E-state index is 0.415. The van der Waals surface area contributed by atoms with Crippen LogP contribution in [0.5, 0.6) is 0 Å². The maximum atomic E-state index is 12.7. The van der Waals surface area contributed by atoms with E-state index in [1.54, 1.807) is 12.3 Å². The van der Waals surface area contributed by atoms with Gasteiger partial charge in [-0.15, -0.1) is 0 Å². The number of halogens is 1. The van der Waals surface area contributed by atoms with E-state index in [0.717, 1.165) is 11.6 Å². The average molecular weight is 236 g/mol. The average Bonchev–Trinajstić information content (AvgIpc) is 2.35. The van der Waals surface area contributed by atoms with Gasteiger partial charge in [0, 0.05) is 6.04 Å². The summed E-state index contributed by atoms with van der Waals surface area (Å²) in [5, 5.41) is 3.44. The van der Waals surface area contributed by atoms with Crippen LogP contribution >= 0.6 is 0 Å². The Morgan fingerprint density at radius 1 is 1.29 bits per heavy atom. The zero-order valence-corrected chi connectivity index (χ0v) is 10.5. The summed E-state index contributed by atoms with van der Waals surface area (Å²) in [6, 6.07) is 3.71. The first-order chi connectivity index (χ1) is 8.28. The Balaban J connectivity index is 1.79. The smallest absolute Gasteiger partial charge is 0.212 e. The van der Waals surface area contributed by atoms with Gasteiger partial charge in [-0.2, -0.15) is 4.39 Å². The van der Waals surface area contributed by atoms with E-state index in [9.17, 15) is 4.39 Å². The second-order valence-electron chi connectivity index (χ2n) is 5.02. The van der Waals surface area contributed by atoms with Crippen LogP contribution in [0.4, 0.5) is 10.1 Å². The van der Waals surface area contributed by atoms with Crippen molar-refractivity contribution in [2.24, 2.45) is 5.92 Å². The predicted octanol–water partition coefficient (Wildman–Crippen LogP) is 3.99. The molecule has 0 bridgehead atoms. The van der Waals surface area contributed by atoms with Crippen molar-refractivity contribution in [2.45, 2.75) is 51.5 Å². The second kappa shape index (κ2) is 5.99. The van der Waals surface area contributed by atoms with Crippen molar-refractivity contribution in [2.75, 3.05) is 5.32 Å². The van der Waals surface area contributed by atoms with Crippen LogP contribution in [0.2, 0.25) is 0 Å². The third-order valence-corrected chi connectivity index (χ3v) is 3.64. The third-order valence-electron chi connectivity index (χ3n) is 3.64. The fourth-order valence-corrected chi connectivity index (χ4v) is 2.70. The second-order valence-corrected chi connectivity index (χ2v) is 5.02. The van der Waals surface area contributed by atoms with Gasteiger partial charge < -0.3 is 5.32 Å². The van der Waals surface area contributed by atoms with Crippen molar-refractivity contribution in [3.05, 3.63) is 24.3 Å². The van der Waals surface area contributed by atoms with E-state index >= 15 is 0 Å². The van der Waals surface area contributed by atoms with Crippen molar-refractivity contribution in [3.8, 4) is 0 Å². The van der Waals surface area contributed by atoms with Crippen LogP contribution in [-0.4, -0.2) is 11.0 Å². The number of nitrogens with one attached hydrogen (secondary N) is 1. The Hall–Kier alpha value is -1.12. The van der Waals surface area contributed by atoms with Crippen LogP contribution in [0.3, 0.4) is 0 Å². The van der Waals surface area contributed by atoms with Gasteiger partial charge in [0.25, 0.3) is 0 Å². The summed E-state index contributed by atoms with van der Waals surface area (Å²) in [5.41, 5.74) is 0.936. The van der Waals surface area contributed by atoms with Gasteiger partial charge in [0.2, 0.25) is 5.95 Å². The molecule has 0 aliphatic heterocycles. The lowest BCUT2D eigenvalue weighted by Crippen LogP contribution is -2.26. The Morgan fingerprint density at radius 2 is 2.06 bits per heavy atom. The number of nitrogens with zero attached hydrogens (tertiary/aromatic N) is 1. The summed E-state index contributed by atoms with van der Waals surface area (Å²) in [7, 11) is 0. The first-order valence-electron chi connectivity index (χ1n) is 6.66. The monoisotopic (exact) mass is 236 g/mol. The topological polar surface area (TPSA) is 24.9 Å². The van der Waals surface area contributed by atoms with Crippen LogP contribution in [0, 0.1) is 11.9 Å². The minimum Gasteiger partial charge on any atom is -0.381 e. The molecule has 17 heavy (non-hydrogen) atoms. The van der Waals surface area contributed by atoms with E-state index in [-0.39, 0.29) is 0 Å². The molecule has 94 valence electrons. The lowest BCUT2D eigenvalue weighted by Gasteiger charge is -2.29. The summed E-state index contributed by atoms with van der Waals surface area (Å²) in [4.78, 5) is 3.66. The fraction of sp³-hybridized carbons (Fsp3) is 0.643. The standard InChI is InChI=1S/C14H21FN2/c1-2-3-11-4-6-12(7-5-11)17-13-8-9-14(15)16-10-13/h8-12,17H,2-7H2,1H3. The number of pyridine rings is 1. The molecule has 1 N–H and O–H groups in total. The molecule has 0 saturated heterocycles. The molecule has 0 unspecified atom stereocenters. The Kier molecular flexibility index (Phi) is 4.35. The highest BCUT2D eigenvalue weighted by Gasteiger charge is 2.20. The summed E-state index contributed by atoms with van der Waals surface area (Å²) in [6.45, 7) is 2.26. The molecule has 3 heteroatoms. The van der Waals surface area contributed by atoms with Gasteiger partial charge >= 0.3 is 0 Å². The number of hydrogen-bond donors (Lipinski definition) is 1. The minimum atomic E-state index is -0.415. The van der Waals surface area contributed by atoms with Gasteiger partial charge in [-0.25, -0.2) is 4.98 Å². The van der Waals surface area contributed by atoms with Crippen molar-refractivity contribution in [1.82, 2.24) is 4.98 Å². The lowest BCUT2D eigenvalue weighted by atomic mass is 9.83. The molecule has 0 aromatic carbocycles. The first kappa shape index (κ1) is 12.3. The van der Waals surface area contributed by atoms with Crippen molar-refractivity contribution < 1.29 is 4.39 Å². The molecule has 0 spiro atoms. The highest BCUT2D eigenvalue weighted by molar-refractivity contribution is 5.40. The van der Waals surface area contributed by atoms with Gasteiger partial charge in [-0.1, -0.05) is 19.8 Å². The van der Waals surface area contributed by atoms with Crippen LogP contribution in [0.15, 0.2) is 18.3 Å². The molecule has 1 aliphatic rings. The number of anilines is 1. The number of hydrogen-bond acceptors (Lipinski definition) is 2. The van der Waals surface area contributed by atoms with Crippen molar-refractivity contribution in [1.29, 1.82) is 0 Å². The molecule has 2 nitrogen and oxygen atoms in total. The van der Waals surface area contributed by atoms with E-state index < -0.39 is 5.95 Å². The summed E-state index contributed by atoms with van der Waals surface area (Å²) < 4.78 is 12.7. The highest BCUT2D eigenvalue weighted by atomic mass is 19.1.